The van der Waals surface area contributed by atoms with Crippen molar-refractivity contribution in [3.05, 3.63) is 29.3 Å². The zero-order chi connectivity index (χ0) is 17.7. The van der Waals surface area contributed by atoms with Crippen molar-refractivity contribution in [3.8, 4) is 0 Å². The molecule has 1 aliphatic heterocycles. The van der Waals surface area contributed by atoms with Crippen LogP contribution in [0, 0.1) is 13.8 Å². The zero-order valence-electron chi connectivity index (χ0n) is 13.7. The van der Waals surface area contributed by atoms with Crippen molar-refractivity contribution in [2.75, 3.05) is 29.2 Å². The van der Waals surface area contributed by atoms with Crippen LogP contribution in [0.3, 0.4) is 0 Å². The summed E-state index contributed by atoms with van der Waals surface area (Å²) >= 11 is 1.27. The summed E-state index contributed by atoms with van der Waals surface area (Å²) in [7, 11) is -2.95. The molecule has 8 heteroatoms. The zero-order valence-corrected chi connectivity index (χ0v) is 15.3. The minimum absolute atomic E-state index is 0.0527. The van der Waals surface area contributed by atoms with Gasteiger partial charge < -0.3 is 10.1 Å². The number of amides is 1. The van der Waals surface area contributed by atoms with E-state index in [1.54, 1.807) is 6.07 Å². The van der Waals surface area contributed by atoms with E-state index in [9.17, 15) is 18.0 Å². The van der Waals surface area contributed by atoms with E-state index >= 15 is 0 Å². The normalized spacial score (nSPS) is 19.0. The SMILES string of the molecule is Cc1ccc(NC(=O)COC(=O)CS[C@H]2CCS(=O)(=O)C2)cc1C. The largest absolute Gasteiger partial charge is 0.455 e. The first kappa shape index (κ1) is 18.8. The van der Waals surface area contributed by atoms with Gasteiger partial charge in [-0.2, -0.15) is 0 Å². The smallest absolute Gasteiger partial charge is 0.316 e. The summed E-state index contributed by atoms with van der Waals surface area (Å²) in [5, 5.41) is 2.61. The summed E-state index contributed by atoms with van der Waals surface area (Å²) in [6.45, 7) is 3.58. The van der Waals surface area contributed by atoms with Gasteiger partial charge in [0.25, 0.3) is 5.91 Å². The molecule has 1 aromatic rings. The van der Waals surface area contributed by atoms with E-state index in [1.165, 1.54) is 11.8 Å². The van der Waals surface area contributed by atoms with Gasteiger partial charge in [-0.1, -0.05) is 6.07 Å². The van der Waals surface area contributed by atoms with Crippen molar-refractivity contribution in [1.82, 2.24) is 0 Å². The Morgan fingerprint density at radius 2 is 2.04 bits per heavy atom. The molecule has 0 unspecified atom stereocenters. The molecule has 132 valence electrons. The summed E-state index contributed by atoms with van der Waals surface area (Å²) in [5.74, 6) is -0.576. The van der Waals surface area contributed by atoms with Gasteiger partial charge in [-0.25, -0.2) is 8.42 Å². The number of benzene rings is 1. The maximum atomic E-state index is 11.8. The summed E-state index contributed by atoms with van der Waals surface area (Å²) in [6.07, 6.45) is 0.563. The number of nitrogens with one attached hydrogen (secondary N) is 1. The topological polar surface area (TPSA) is 89.5 Å². The van der Waals surface area contributed by atoms with Crippen molar-refractivity contribution in [2.45, 2.75) is 25.5 Å². The first-order valence-corrected chi connectivity index (χ1v) is 10.5. The molecule has 1 amide bonds. The Labute approximate surface area is 146 Å². The van der Waals surface area contributed by atoms with Crippen LogP contribution in [0.25, 0.3) is 0 Å². The predicted molar refractivity (Wildman–Crippen MR) is 95.0 cm³/mol. The summed E-state index contributed by atoms with van der Waals surface area (Å²) in [6, 6.07) is 5.55. The third-order valence-electron chi connectivity index (χ3n) is 3.78. The molecule has 0 radical (unpaired) electrons. The van der Waals surface area contributed by atoms with Crippen LogP contribution < -0.4 is 5.32 Å². The molecule has 0 aliphatic carbocycles. The van der Waals surface area contributed by atoms with E-state index < -0.39 is 21.7 Å². The van der Waals surface area contributed by atoms with Gasteiger partial charge in [0, 0.05) is 10.9 Å². The van der Waals surface area contributed by atoms with Gasteiger partial charge in [0.05, 0.1) is 17.3 Å². The van der Waals surface area contributed by atoms with Gasteiger partial charge in [0.1, 0.15) is 0 Å². The van der Waals surface area contributed by atoms with Crippen LogP contribution in [0.4, 0.5) is 5.69 Å². The molecule has 0 aromatic heterocycles. The molecular weight excluding hydrogens is 350 g/mol. The third-order valence-corrected chi connectivity index (χ3v) is 7.04. The number of thioether (sulfide) groups is 1. The van der Waals surface area contributed by atoms with E-state index in [0.717, 1.165) is 11.1 Å². The number of carbonyl (C=O) groups excluding carboxylic acids is 2. The number of esters is 1. The lowest BCUT2D eigenvalue weighted by molar-refractivity contribution is -0.144. The van der Waals surface area contributed by atoms with Crippen LogP contribution in [0.15, 0.2) is 18.2 Å². The number of rotatable bonds is 6. The first-order valence-electron chi connectivity index (χ1n) is 7.60. The Bertz CT molecular complexity index is 730. The van der Waals surface area contributed by atoms with Gasteiger partial charge >= 0.3 is 5.97 Å². The lowest BCUT2D eigenvalue weighted by atomic mass is 10.1. The molecule has 1 saturated heterocycles. The Kier molecular flexibility index (Phi) is 6.28. The molecule has 1 aromatic carbocycles. The summed E-state index contributed by atoms with van der Waals surface area (Å²) < 4.78 is 27.6. The van der Waals surface area contributed by atoms with Gasteiger partial charge in [-0.15, -0.1) is 11.8 Å². The standard InChI is InChI=1S/C16H21NO5S2/c1-11-3-4-13(7-12(11)2)17-15(18)8-22-16(19)9-23-14-5-6-24(20,21)10-14/h3-4,7,14H,5-6,8-10H2,1-2H3,(H,17,18)/t14-/m0/s1. The molecule has 24 heavy (non-hydrogen) atoms. The van der Waals surface area contributed by atoms with E-state index in [4.69, 9.17) is 4.74 Å². The highest BCUT2D eigenvalue weighted by Gasteiger charge is 2.28. The molecule has 1 heterocycles. The molecule has 1 N–H and O–H groups in total. The van der Waals surface area contributed by atoms with Crippen molar-refractivity contribution in [1.29, 1.82) is 0 Å². The quantitative estimate of drug-likeness (QED) is 0.766. The number of hydrogen-bond donors (Lipinski definition) is 1. The molecule has 1 fully saturated rings. The fourth-order valence-electron chi connectivity index (χ4n) is 2.28. The molecule has 0 saturated carbocycles. The highest BCUT2D eigenvalue weighted by atomic mass is 32.2. The minimum Gasteiger partial charge on any atom is -0.455 e. The number of anilines is 1. The number of sulfone groups is 1. The number of hydrogen-bond acceptors (Lipinski definition) is 6. The second-order valence-electron chi connectivity index (χ2n) is 5.84. The number of aryl methyl sites for hydroxylation is 2. The van der Waals surface area contributed by atoms with Crippen molar-refractivity contribution in [2.24, 2.45) is 0 Å². The van der Waals surface area contributed by atoms with Gasteiger partial charge in [-0.05, 0) is 43.5 Å². The highest BCUT2D eigenvalue weighted by Crippen LogP contribution is 2.24. The lowest BCUT2D eigenvalue weighted by Crippen LogP contribution is -2.22. The summed E-state index contributed by atoms with van der Waals surface area (Å²) in [4.78, 5) is 23.4. The van der Waals surface area contributed by atoms with Crippen LogP contribution in [0.5, 0.6) is 0 Å². The Balaban J connectivity index is 1.69. The fraction of sp³-hybridized carbons (Fsp3) is 0.500. The van der Waals surface area contributed by atoms with Crippen molar-refractivity contribution < 1.29 is 22.7 Å². The molecule has 1 atom stereocenters. The van der Waals surface area contributed by atoms with Crippen LogP contribution in [-0.4, -0.2) is 49.4 Å². The number of ether oxygens (including phenoxy) is 1. The van der Waals surface area contributed by atoms with E-state index in [-0.39, 0.29) is 29.1 Å². The highest BCUT2D eigenvalue weighted by molar-refractivity contribution is 8.02. The Morgan fingerprint density at radius 1 is 1.29 bits per heavy atom. The molecule has 1 aliphatic rings. The fourth-order valence-corrected chi connectivity index (χ4v) is 5.72. The van der Waals surface area contributed by atoms with Crippen molar-refractivity contribution >= 4 is 39.2 Å². The van der Waals surface area contributed by atoms with E-state index in [2.05, 4.69) is 5.32 Å². The molecular formula is C16H21NO5S2. The lowest BCUT2D eigenvalue weighted by Gasteiger charge is -2.09. The molecule has 2 rings (SSSR count). The number of carbonyl (C=O) groups is 2. The molecule has 0 bridgehead atoms. The summed E-state index contributed by atoms with van der Waals surface area (Å²) in [5.41, 5.74) is 2.85. The maximum absolute atomic E-state index is 11.8. The monoisotopic (exact) mass is 371 g/mol. The second kappa shape index (κ2) is 8.02. The van der Waals surface area contributed by atoms with Crippen LogP contribution in [-0.2, 0) is 24.2 Å². The third kappa shape index (κ3) is 5.83. The van der Waals surface area contributed by atoms with Crippen molar-refractivity contribution in [3.63, 3.8) is 0 Å². The minimum atomic E-state index is -2.95. The van der Waals surface area contributed by atoms with Gasteiger partial charge in [0.2, 0.25) is 0 Å². The predicted octanol–water partition coefficient (Wildman–Crippen LogP) is 1.71. The Morgan fingerprint density at radius 3 is 2.67 bits per heavy atom. The molecule has 6 nitrogen and oxygen atoms in total. The van der Waals surface area contributed by atoms with Gasteiger partial charge in [0.15, 0.2) is 16.4 Å². The van der Waals surface area contributed by atoms with E-state index in [1.807, 2.05) is 26.0 Å². The van der Waals surface area contributed by atoms with E-state index in [0.29, 0.717) is 12.1 Å². The maximum Gasteiger partial charge on any atom is 0.316 e. The van der Waals surface area contributed by atoms with Crippen LogP contribution in [0.2, 0.25) is 0 Å². The average molecular weight is 371 g/mol. The van der Waals surface area contributed by atoms with Crippen LogP contribution in [0.1, 0.15) is 17.5 Å². The van der Waals surface area contributed by atoms with Gasteiger partial charge in [-0.3, -0.25) is 9.59 Å². The van der Waals surface area contributed by atoms with Crippen LogP contribution >= 0.6 is 11.8 Å². The Hall–Kier alpha value is -1.54. The first-order chi connectivity index (χ1) is 11.2. The average Bonchev–Trinajstić information content (AvgIpc) is 2.86. The molecule has 0 spiro atoms. The second-order valence-corrected chi connectivity index (χ2v) is 9.36.